The van der Waals surface area contributed by atoms with Crippen LogP contribution in [0.25, 0.3) is 5.69 Å². The summed E-state index contributed by atoms with van der Waals surface area (Å²) in [6.45, 7) is 0.621. The van der Waals surface area contributed by atoms with Crippen LogP contribution in [0.15, 0.2) is 61.2 Å². The number of benzene rings is 2. The molecule has 0 spiro atoms. The minimum atomic E-state index is -0.338. The summed E-state index contributed by atoms with van der Waals surface area (Å²) in [6.07, 6.45) is 5.39. The van der Waals surface area contributed by atoms with Crippen LogP contribution in [0.3, 0.4) is 0 Å². The molecule has 3 nitrogen and oxygen atoms in total. The summed E-state index contributed by atoms with van der Waals surface area (Å²) in [6, 6.07) is 12.4. The van der Waals surface area contributed by atoms with E-state index in [1.165, 1.54) is 12.1 Å². The smallest absolute Gasteiger partial charge is 0.124 e. The Morgan fingerprint density at radius 1 is 1.14 bits per heavy atom. The molecule has 1 aromatic heterocycles. The Labute approximate surface area is 127 Å². The zero-order chi connectivity index (χ0) is 14.7. The Kier molecular flexibility index (Phi) is 3.88. The number of nitrogens with one attached hydrogen (secondary N) is 1. The first-order valence-corrected chi connectivity index (χ1v) is 6.86. The van der Waals surface area contributed by atoms with E-state index in [2.05, 4.69) is 10.3 Å². The molecule has 3 aromatic rings. The minimum absolute atomic E-state index is 0.338. The van der Waals surface area contributed by atoms with E-state index >= 15 is 0 Å². The van der Waals surface area contributed by atoms with Crippen molar-refractivity contribution in [2.45, 2.75) is 6.54 Å². The molecule has 106 valence electrons. The number of anilines is 1. The number of hydrogen-bond acceptors (Lipinski definition) is 2. The van der Waals surface area contributed by atoms with Gasteiger partial charge in [0.15, 0.2) is 0 Å². The van der Waals surface area contributed by atoms with E-state index in [4.69, 9.17) is 11.6 Å². The molecule has 1 heterocycles. The summed E-state index contributed by atoms with van der Waals surface area (Å²) in [5.41, 5.74) is 2.88. The van der Waals surface area contributed by atoms with E-state index in [0.29, 0.717) is 11.6 Å². The molecule has 0 atom stereocenters. The minimum Gasteiger partial charge on any atom is -0.380 e. The Bertz CT molecular complexity index is 724. The molecule has 0 saturated heterocycles. The average Bonchev–Trinajstić information content (AvgIpc) is 3.01. The lowest BCUT2D eigenvalue weighted by molar-refractivity contribution is 0.628. The fraction of sp³-hybridized carbons (Fsp3) is 0.0625. The van der Waals surface area contributed by atoms with Gasteiger partial charge < -0.3 is 9.88 Å². The van der Waals surface area contributed by atoms with Crippen molar-refractivity contribution < 1.29 is 4.39 Å². The molecule has 21 heavy (non-hydrogen) atoms. The van der Waals surface area contributed by atoms with Crippen LogP contribution in [0.4, 0.5) is 10.1 Å². The van der Waals surface area contributed by atoms with Gasteiger partial charge >= 0.3 is 0 Å². The van der Waals surface area contributed by atoms with E-state index in [1.54, 1.807) is 18.6 Å². The first-order chi connectivity index (χ1) is 10.2. The van der Waals surface area contributed by atoms with Gasteiger partial charge in [0, 0.05) is 24.6 Å². The summed E-state index contributed by atoms with van der Waals surface area (Å²) in [4.78, 5) is 4.02. The lowest BCUT2D eigenvalue weighted by atomic mass is 10.2. The molecule has 5 heteroatoms. The zero-order valence-electron chi connectivity index (χ0n) is 11.1. The van der Waals surface area contributed by atoms with Crippen molar-refractivity contribution in [2.75, 3.05) is 5.32 Å². The van der Waals surface area contributed by atoms with Gasteiger partial charge in [0.05, 0.1) is 17.0 Å². The van der Waals surface area contributed by atoms with Crippen molar-refractivity contribution in [2.24, 2.45) is 0 Å². The Morgan fingerprint density at radius 3 is 2.62 bits per heavy atom. The van der Waals surface area contributed by atoms with E-state index < -0.39 is 0 Å². The normalized spacial score (nSPS) is 10.6. The standard InChI is InChI=1S/C16H13ClFN3/c17-15-9-13(18)3-6-16(15)20-10-12-1-4-14(5-2-12)21-8-7-19-11-21/h1-9,11,20H,10H2. The molecule has 0 bridgehead atoms. The Hall–Kier alpha value is -2.33. The summed E-state index contributed by atoms with van der Waals surface area (Å²) in [7, 11) is 0. The maximum absolute atomic E-state index is 13.0. The summed E-state index contributed by atoms with van der Waals surface area (Å²) >= 11 is 5.98. The zero-order valence-corrected chi connectivity index (χ0v) is 11.9. The van der Waals surface area contributed by atoms with Crippen LogP contribution in [0.1, 0.15) is 5.56 Å². The summed E-state index contributed by atoms with van der Waals surface area (Å²) in [5, 5.41) is 3.57. The molecular weight excluding hydrogens is 289 g/mol. The number of aromatic nitrogens is 2. The predicted molar refractivity (Wildman–Crippen MR) is 82.3 cm³/mol. The molecular formula is C16H13ClFN3. The molecule has 0 fully saturated rings. The van der Waals surface area contributed by atoms with Crippen LogP contribution in [0, 0.1) is 5.82 Å². The van der Waals surface area contributed by atoms with Gasteiger partial charge in [0.2, 0.25) is 0 Å². The number of halogens is 2. The fourth-order valence-corrected chi connectivity index (χ4v) is 2.26. The number of nitrogens with zero attached hydrogens (tertiary/aromatic N) is 2. The van der Waals surface area contributed by atoms with Gasteiger partial charge in [-0.05, 0) is 35.9 Å². The molecule has 0 unspecified atom stereocenters. The third kappa shape index (κ3) is 3.23. The van der Waals surface area contributed by atoms with Crippen LogP contribution >= 0.6 is 11.6 Å². The maximum atomic E-state index is 13.0. The first-order valence-electron chi connectivity index (χ1n) is 6.48. The SMILES string of the molecule is Fc1ccc(NCc2ccc(-n3ccnc3)cc2)c(Cl)c1. The highest BCUT2D eigenvalue weighted by atomic mass is 35.5. The highest BCUT2D eigenvalue weighted by molar-refractivity contribution is 6.33. The quantitative estimate of drug-likeness (QED) is 0.779. The number of rotatable bonds is 4. The molecule has 0 aliphatic rings. The van der Waals surface area contributed by atoms with Crippen molar-refractivity contribution in [1.29, 1.82) is 0 Å². The number of imidazole rings is 1. The molecule has 1 N–H and O–H groups in total. The largest absolute Gasteiger partial charge is 0.380 e. The molecule has 0 radical (unpaired) electrons. The maximum Gasteiger partial charge on any atom is 0.124 e. The van der Waals surface area contributed by atoms with Crippen molar-refractivity contribution >= 4 is 17.3 Å². The van der Waals surface area contributed by atoms with Gasteiger partial charge in [-0.1, -0.05) is 23.7 Å². The average molecular weight is 302 g/mol. The van der Waals surface area contributed by atoms with E-state index in [1.807, 2.05) is 35.0 Å². The second-order valence-corrected chi connectivity index (χ2v) is 5.02. The first kappa shape index (κ1) is 13.6. The van der Waals surface area contributed by atoms with Crippen molar-refractivity contribution in [1.82, 2.24) is 9.55 Å². The molecule has 0 aliphatic carbocycles. The van der Waals surface area contributed by atoms with E-state index in [0.717, 1.165) is 16.9 Å². The van der Waals surface area contributed by atoms with Crippen LogP contribution < -0.4 is 5.32 Å². The van der Waals surface area contributed by atoms with Gasteiger partial charge in [-0.15, -0.1) is 0 Å². The summed E-state index contributed by atoms with van der Waals surface area (Å²) in [5.74, 6) is -0.338. The van der Waals surface area contributed by atoms with Crippen molar-refractivity contribution in [3.8, 4) is 5.69 Å². The molecule has 2 aromatic carbocycles. The second-order valence-electron chi connectivity index (χ2n) is 4.61. The lowest BCUT2D eigenvalue weighted by Crippen LogP contribution is -2.00. The van der Waals surface area contributed by atoms with Gasteiger partial charge in [-0.25, -0.2) is 9.37 Å². The topological polar surface area (TPSA) is 29.9 Å². The van der Waals surface area contributed by atoms with Crippen LogP contribution in [0.2, 0.25) is 5.02 Å². The van der Waals surface area contributed by atoms with Gasteiger partial charge in [0.1, 0.15) is 5.82 Å². The third-order valence-electron chi connectivity index (χ3n) is 3.15. The molecule has 0 aliphatic heterocycles. The predicted octanol–water partition coefficient (Wildman–Crippen LogP) is 4.28. The van der Waals surface area contributed by atoms with Gasteiger partial charge in [-0.2, -0.15) is 0 Å². The Balaban J connectivity index is 1.68. The van der Waals surface area contributed by atoms with Gasteiger partial charge in [-0.3, -0.25) is 0 Å². The highest BCUT2D eigenvalue weighted by Crippen LogP contribution is 2.23. The molecule has 3 rings (SSSR count). The van der Waals surface area contributed by atoms with Crippen molar-refractivity contribution in [3.05, 3.63) is 77.6 Å². The van der Waals surface area contributed by atoms with Crippen molar-refractivity contribution in [3.63, 3.8) is 0 Å². The van der Waals surface area contributed by atoms with Gasteiger partial charge in [0.25, 0.3) is 0 Å². The fourth-order valence-electron chi connectivity index (χ4n) is 2.03. The van der Waals surface area contributed by atoms with Crippen LogP contribution in [0.5, 0.6) is 0 Å². The lowest BCUT2D eigenvalue weighted by Gasteiger charge is -2.09. The molecule has 0 amide bonds. The van der Waals surface area contributed by atoms with E-state index in [9.17, 15) is 4.39 Å². The van der Waals surface area contributed by atoms with Crippen LogP contribution in [-0.4, -0.2) is 9.55 Å². The second kappa shape index (κ2) is 5.97. The van der Waals surface area contributed by atoms with E-state index in [-0.39, 0.29) is 5.82 Å². The monoisotopic (exact) mass is 301 g/mol. The molecule has 0 saturated carbocycles. The highest BCUT2D eigenvalue weighted by Gasteiger charge is 2.02. The third-order valence-corrected chi connectivity index (χ3v) is 3.47. The van der Waals surface area contributed by atoms with Crippen LogP contribution in [-0.2, 0) is 6.54 Å². The summed E-state index contributed by atoms with van der Waals surface area (Å²) < 4.78 is 14.9. The number of hydrogen-bond donors (Lipinski definition) is 1. The Morgan fingerprint density at radius 2 is 1.95 bits per heavy atom.